The van der Waals surface area contributed by atoms with Crippen molar-refractivity contribution in [2.24, 2.45) is 0 Å². The van der Waals surface area contributed by atoms with E-state index < -0.39 is 11.2 Å². The lowest BCUT2D eigenvalue weighted by atomic mass is 10.1. The second-order valence-corrected chi connectivity index (χ2v) is 8.96. The fourth-order valence-corrected chi connectivity index (χ4v) is 4.92. The summed E-state index contributed by atoms with van der Waals surface area (Å²) in [5.74, 6) is -0.625. The molecule has 3 aromatic rings. The maximum atomic E-state index is 13.5. The Bertz CT molecular complexity index is 1220. The van der Waals surface area contributed by atoms with Crippen LogP contribution in [-0.4, -0.2) is 17.1 Å². The minimum Gasteiger partial charge on any atom is -0.347 e. The number of rotatable bonds is 6. The van der Waals surface area contributed by atoms with E-state index in [1.807, 2.05) is 97.9 Å². The highest BCUT2D eigenvalue weighted by Crippen LogP contribution is 2.41. The number of amides is 2. The Morgan fingerprint density at radius 3 is 2.18 bits per heavy atom. The fourth-order valence-electron chi connectivity index (χ4n) is 3.61. The van der Waals surface area contributed by atoms with Crippen LogP contribution in [0.25, 0.3) is 0 Å². The standard InChI is InChI=1S/C27H23N3O2S/c1-19-12-14-22(15-13-19)30-26(32)24(16-20-8-4-2-5-9-20)33-27(30)23(17-28)25(31)29-18-21-10-6-3-7-11-21/h2-15,24H,16,18H2,1H3,(H,29,31)/b27-23-. The number of hydrogen-bond acceptors (Lipinski definition) is 4. The summed E-state index contributed by atoms with van der Waals surface area (Å²) in [5.41, 5.74) is 3.61. The third-order valence-electron chi connectivity index (χ3n) is 5.36. The molecule has 0 spiro atoms. The molecular weight excluding hydrogens is 430 g/mol. The average Bonchev–Trinajstić information content (AvgIpc) is 3.15. The number of carbonyl (C=O) groups excluding carboxylic acids is 2. The van der Waals surface area contributed by atoms with Crippen molar-refractivity contribution in [2.75, 3.05) is 4.90 Å². The van der Waals surface area contributed by atoms with Crippen molar-refractivity contribution in [3.63, 3.8) is 0 Å². The normalized spacial score (nSPS) is 16.9. The van der Waals surface area contributed by atoms with Crippen LogP contribution in [0.5, 0.6) is 0 Å². The van der Waals surface area contributed by atoms with Gasteiger partial charge in [0.05, 0.1) is 5.25 Å². The van der Waals surface area contributed by atoms with Gasteiger partial charge in [-0.15, -0.1) is 0 Å². The molecule has 0 saturated carbocycles. The molecular formula is C27H23N3O2S. The maximum Gasteiger partial charge on any atom is 0.264 e. The molecule has 1 atom stereocenters. The molecule has 1 saturated heterocycles. The molecule has 1 aliphatic rings. The zero-order valence-electron chi connectivity index (χ0n) is 18.2. The molecule has 0 bridgehead atoms. The van der Waals surface area contributed by atoms with Gasteiger partial charge in [-0.3, -0.25) is 14.5 Å². The Morgan fingerprint density at radius 2 is 1.58 bits per heavy atom. The Balaban J connectivity index is 1.67. The summed E-state index contributed by atoms with van der Waals surface area (Å²) in [7, 11) is 0. The molecule has 0 aromatic heterocycles. The van der Waals surface area contributed by atoms with Crippen LogP contribution in [0.15, 0.2) is 95.5 Å². The summed E-state index contributed by atoms with van der Waals surface area (Å²) in [6.45, 7) is 2.27. The van der Waals surface area contributed by atoms with Crippen molar-refractivity contribution in [3.05, 3.63) is 112 Å². The van der Waals surface area contributed by atoms with Crippen LogP contribution in [0, 0.1) is 18.3 Å². The zero-order chi connectivity index (χ0) is 23.2. The summed E-state index contributed by atoms with van der Waals surface area (Å²) in [6.07, 6.45) is 0.514. The van der Waals surface area contributed by atoms with E-state index in [2.05, 4.69) is 5.32 Å². The van der Waals surface area contributed by atoms with E-state index in [0.717, 1.165) is 16.7 Å². The first-order valence-electron chi connectivity index (χ1n) is 10.6. The van der Waals surface area contributed by atoms with Crippen molar-refractivity contribution < 1.29 is 9.59 Å². The number of anilines is 1. The van der Waals surface area contributed by atoms with Crippen LogP contribution in [0.1, 0.15) is 16.7 Å². The molecule has 1 unspecified atom stereocenters. The molecule has 6 heteroatoms. The second kappa shape index (κ2) is 10.2. The number of nitriles is 1. The van der Waals surface area contributed by atoms with E-state index in [0.29, 0.717) is 23.7 Å². The third kappa shape index (κ3) is 5.16. The van der Waals surface area contributed by atoms with Gasteiger partial charge in [-0.1, -0.05) is 90.1 Å². The maximum absolute atomic E-state index is 13.5. The van der Waals surface area contributed by atoms with Crippen molar-refractivity contribution in [1.82, 2.24) is 5.32 Å². The topological polar surface area (TPSA) is 73.2 Å². The third-order valence-corrected chi connectivity index (χ3v) is 6.62. The van der Waals surface area contributed by atoms with E-state index in [1.165, 1.54) is 16.7 Å². The number of hydrogen-bond donors (Lipinski definition) is 1. The zero-order valence-corrected chi connectivity index (χ0v) is 19.0. The molecule has 1 heterocycles. The minimum atomic E-state index is -0.492. The SMILES string of the molecule is Cc1ccc(N2C(=O)C(Cc3ccccc3)S/C2=C(/C#N)C(=O)NCc2ccccc2)cc1. The highest BCUT2D eigenvalue weighted by Gasteiger charge is 2.40. The Morgan fingerprint density at radius 1 is 0.970 bits per heavy atom. The van der Waals surface area contributed by atoms with E-state index in [-0.39, 0.29) is 11.5 Å². The monoisotopic (exact) mass is 453 g/mol. The van der Waals surface area contributed by atoms with E-state index in [4.69, 9.17) is 0 Å². The summed E-state index contributed by atoms with van der Waals surface area (Å²) >= 11 is 1.28. The van der Waals surface area contributed by atoms with Gasteiger partial charge in [0.25, 0.3) is 5.91 Å². The summed E-state index contributed by atoms with van der Waals surface area (Å²) < 4.78 is 0. The first kappa shape index (κ1) is 22.4. The van der Waals surface area contributed by atoms with Crippen LogP contribution in [0.3, 0.4) is 0 Å². The molecule has 2 amide bonds. The molecule has 33 heavy (non-hydrogen) atoms. The van der Waals surface area contributed by atoms with Gasteiger partial charge in [-0.2, -0.15) is 5.26 Å². The lowest BCUT2D eigenvalue weighted by molar-refractivity contribution is -0.117. The van der Waals surface area contributed by atoms with Gasteiger partial charge in [-0.25, -0.2) is 0 Å². The molecule has 0 radical (unpaired) electrons. The van der Waals surface area contributed by atoms with Gasteiger partial charge in [0.15, 0.2) is 0 Å². The lowest BCUT2D eigenvalue weighted by Gasteiger charge is -2.19. The van der Waals surface area contributed by atoms with Gasteiger partial charge in [0.1, 0.15) is 16.7 Å². The molecule has 3 aromatic carbocycles. The predicted molar refractivity (Wildman–Crippen MR) is 131 cm³/mol. The molecule has 0 aliphatic carbocycles. The second-order valence-electron chi connectivity index (χ2n) is 7.77. The van der Waals surface area contributed by atoms with Gasteiger partial charge < -0.3 is 5.32 Å². The number of benzene rings is 3. The van der Waals surface area contributed by atoms with Crippen LogP contribution in [0.2, 0.25) is 0 Å². The predicted octanol–water partition coefficient (Wildman–Crippen LogP) is 4.74. The van der Waals surface area contributed by atoms with Crippen molar-refractivity contribution >= 4 is 29.3 Å². The molecule has 1 aliphatic heterocycles. The molecule has 4 rings (SSSR count). The smallest absolute Gasteiger partial charge is 0.264 e. The first-order chi connectivity index (χ1) is 16.1. The Labute approximate surface area is 197 Å². The number of thioether (sulfide) groups is 1. The van der Waals surface area contributed by atoms with Gasteiger partial charge in [0.2, 0.25) is 5.91 Å². The summed E-state index contributed by atoms with van der Waals surface area (Å²) in [5, 5.41) is 12.7. The Hall–Kier alpha value is -3.82. The van der Waals surface area contributed by atoms with Crippen LogP contribution >= 0.6 is 11.8 Å². The summed E-state index contributed by atoms with van der Waals surface area (Å²) in [6, 6.07) is 28.8. The Kier molecular flexibility index (Phi) is 6.92. The van der Waals surface area contributed by atoms with E-state index in [1.54, 1.807) is 0 Å². The van der Waals surface area contributed by atoms with E-state index in [9.17, 15) is 14.9 Å². The highest BCUT2D eigenvalue weighted by atomic mass is 32.2. The van der Waals surface area contributed by atoms with Crippen molar-refractivity contribution in [2.45, 2.75) is 25.1 Å². The van der Waals surface area contributed by atoms with Crippen LogP contribution < -0.4 is 10.2 Å². The minimum absolute atomic E-state index is 0.0552. The van der Waals surface area contributed by atoms with Gasteiger partial charge >= 0.3 is 0 Å². The number of nitrogens with zero attached hydrogens (tertiary/aromatic N) is 2. The first-order valence-corrected chi connectivity index (χ1v) is 11.5. The van der Waals surface area contributed by atoms with E-state index >= 15 is 0 Å². The number of nitrogens with one attached hydrogen (secondary N) is 1. The molecule has 1 N–H and O–H groups in total. The van der Waals surface area contributed by atoms with Gasteiger partial charge in [-0.05, 0) is 36.6 Å². The largest absolute Gasteiger partial charge is 0.347 e. The molecule has 164 valence electrons. The summed E-state index contributed by atoms with van der Waals surface area (Å²) in [4.78, 5) is 28.0. The number of aryl methyl sites for hydroxylation is 1. The quantitative estimate of drug-likeness (QED) is 0.432. The molecule has 1 fully saturated rings. The highest BCUT2D eigenvalue weighted by molar-refractivity contribution is 8.05. The van der Waals surface area contributed by atoms with Crippen molar-refractivity contribution in [3.8, 4) is 6.07 Å². The van der Waals surface area contributed by atoms with Crippen molar-refractivity contribution in [1.29, 1.82) is 5.26 Å². The van der Waals surface area contributed by atoms with Crippen LogP contribution in [0.4, 0.5) is 5.69 Å². The average molecular weight is 454 g/mol. The fraction of sp³-hybridized carbons (Fsp3) is 0.148. The van der Waals surface area contributed by atoms with Crippen LogP contribution in [-0.2, 0) is 22.6 Å². The number of carbonyl (C=O) groups is 2. The lowest BCUT2D eigenvalue weighted by Crippen LogP contribution is -2.32. The molecule has 5 nitrogen and oxygen atoms in total. The van der Waals surface area contributed by atoms with Gasteiger partial charge in [0, 0.05) is 12.2 Å².